The van der Waals surface area contributed by atoms with Crippen LogP contribution in [0.25, 0.3) is 17.1 Å². The molecule has 0 fully saturated rings. The van der Waals surface area contributed by atoms with Crippen molar-refractivity contribution in [2.45, 2.75) is 18.1 Å². The fourth-order valence-corrected chi connectivity index (χ4v) is 4.20. The first-order chi connectivity index (χ1) is 15.5. The second-order valence-electron chi connectivity index (χ2n) is 6.97. The Bertz CT molecular complexity index is 1220. The van der Waals surface area contributed by atoms with Gasteiger partial charge in [-0.25, -0.2) is 0 Å². The molecule has 0 aliphatic carbocycles. The number of aromatic nitrogens is 4. The molecule has 2 aromatic heterocycles. The number of hydrogen-bond donors (Lipinski definition) is 1. The molecule has 0 spiro atoms. The minimum Gasteiger partial charge on any atom is -0.349 e. The third-order valence-corrected chi connectivity index (χ3v) is 6.39. The Balaban J connectivity index is 1.58. The summed E-state index contributed by atoms with van der Waals surface area (Å²) in [6.07, 6.45) is 3.40. The normalized spacial score (nSPS) is 11.8. The molecule has 1 unspecified atom stereocenters. The van der Waals surface area contributed by atoms with Crippen molar-refractivity contribution >= 4 is 40.9 Å². The SMILES string of the molecule is CC(NC(=O)CSc1nnc(-c2cccnc2)n1-c1ccc(Cl)c(Cl)c1)c1ccccc1. The lowest BCUT2D eigenvalue weighted by Gasteiger charge is -2.14. The van der Waals surface area contributed by atoms with Gasteiger partial charge in [0.25, 0.3) is 0 Å². The van der Waals surface area contributed by atoms with Crippen LogP contribution in [0, 0.1) is 0 Å². The van der Waals surface area contributed by atoms with Crippen molar-refractivity contribution in [3.8, 4) is 17.1 Å². The van der Waals surface area contributed by atoms with E-state index in [4.69, 9.17) is 23.2 Å². The van der Waals surface area contributed by atoms with Crippen molar-refractivity contribution in [1.82, 2.24) is 25.1 Å². The summed E-state index contributed by atoms with van der Waals surface area (Å²) in [5, 5.41) is 13.1. The summed E-state index contributed by atoms with van der Waals surface area (Å²) in [6, 6.07) is 18.7. The van der Waals surface area contributed by atoms with Gasteiger partial charge in [-0.2, -0.15) is 0 Å². The van der Waals surface area contributed by atoms with E-state index in [1.54, 1.807) is 24.5 Å². The molecule has 9 heteroatoms. The van der Waals surface area contributed by atoms with Gasteiger partial charge in [0.15, 0.2) is 11.0 Å². The van der Waals surface area contributed by atoms with Crippen molar-refractivity contribution in [1.29, 1.82) is 0 Å². The van der Waals surface area contributed by atoms with Crippen molar-refractivity contribution in [2.24, 2.45) is 0 Å². The predicted molar refractivity (Wildman–Crippen MR) is 128 cm³/mol. The number of carbonyl (C=O) groups is 1. The average Bonchev–Trinajstić information content (AvgIpc) is 3.24. The molecule has 0 bridgehead atoms. The second kappa shape index (κ2) is 10.2. The largest absolute Gasteiger partial charge is 0.349 e. The van der Waals surface area contributed by atoms with Crippen LogP contribution in [0.2, 0.25) is 10.0 Å². The van der Waals surface area contributed by atoms with Gasteiger partial charge in [0.05, 0.1) is 27.5 Å². The Morgan fingerprint density at radius 3 is 2.59 bits per heavy atom. The van der Waals surface area contributed by atoms with Gasteiger partial charge in [0, 0.05) is 18.0 Å². The number of hydrogen-bond acceptors (Lipinski definition) is 5. The summed E-state index contributed by atoms with van der Waals surface area (Å²) < 4.78 is 1.85. The van der Waals surface area contributed by atoms with E-state index in [9.17, 15) is 4.79 Å². The van der Waals surface area contributed by atoms with Crippen molar-refractivity contribution in [2.75, 3.05) is 5.75 Å². The maximum Gasteiger partial charge on any atom is 0.230 e. The average molecular weight is 484 g/mol. The van der Waals surface area contributed by atoms with Gasteiger partial charge in [0.1, 0.15) is 0 Å². The Hall–Kier alpha value is -2.87. The third-order valence-electron chi connectivity index (χ3n) is 4.72. The predicted octanol–water partition coefficient (Wildman–Crippen LogP) is 5.61. The van der Waals surface area contributed by atoms with Crippen LogP contribution in [-0.4, -0.2) is 31.4 Å². The standard InChI is InChI=1S/C23H19Cl2N5OS/c1-15(16-6-3-2-4-7-16)27-21(31)14-32-23-29-28-22(17-8-5-11-26-13-17)30(23)18-9-10-19(24)20(25)12-18/h2-13,15H,14H2,1H3,(H,27,31). The Kier molecular flexibility index (Phi) is 7.09. The van der Waals surface area contributed by atoms with E-state index >= 15 is 0 Å². The number of halogens is 2. The van der Waals surface area contributed by atoms with E-state index in [-0.39, 0.29) is 17.7 Å². The van der Waals surface area contributed by atoms with Gasteiger partial charge in [0.2, 0.25) is 5.91 Å². The van der Waals surface area contributed by atoms with E-state index in [2.05, 4.69) is 20.5 Å². The Morgan fingerprint density at radius 1 is 1.06 bits per heavy atom. The molecule has 162 valence electrons. The van der Waals surface area contributed by atoms with Crippen molar-refractivity contribution in [3.05, 3.63) is 88.7 Å². The van der Waals surface area contributed by atoms with E-state index < -0.39 is 0 Å². The highest BCUT2D eigenvalue weighted by Gasteiger charge is 2.19. The summed E-state index contributed by atoms with van der Waals surface area (Å²) in [5.74, 6) is 0.680. The van der Waals surface area contributed by atoms with Gasteiger partial charge in [-0.15, -0.1) is 10.2 Å². The molecule has 1 amide bonds. The lowest BCUT2D eigenvalue weighted by atomic mass is 10.1. The van der Waals surface area contributed by atoms with Crippen molar-refractivity contribution < 1.29 is 4.79 Å². The lowest BCUT2D eigenvalue weighted by Crippen LogP contribution is -2.28. The first kappa shape index (κ1) is 22.3. The summed E-state index contributed by atoms with van der Waals surface area (Å²) in [4.78, 5) is 16.8. The van der Waals surface area contributed by atoms with Gasteiger partial charge in [-0.1, -0.05) is 65.3 Å². The molecule has 0 aliphatic heterocycles. The van der Waals surface area contributed by atoms with Crippen molar-refractivity contribution in [3.63, 3.8) is 0 Å². The zero-order valence-electron chi connectivity index (χ0n) is 17.1. The van der Waals surface area contributed by atoms with Crippen LogP contribution >= 0.6 is 35.0 Å². The van der Waals surface area contributed by atoms with Gasteiger partial charge < -0.3 is 5.32 Å². The molecule has 0 saturated carbocycles. The molecule has 32 heavy (non-hydrogen) atoms. The molecule has 0 radical (unpaired) electrons. The van der Waals surface area contributed by atoms with E-state index in [1.165, 1.54) is 11.8 Å². The highest BCUT2D eigenvalue weighted by molar-refractivity contribution is 7.99. The molecule has 4 aromatic rings. The van der Waals surface area contributed by atoms with E-state index in [0.29, 0.717) is 21.0 Å². The van der Waals surface area contributed by atoms with Crippen LogP contribution in [0.1, 0.15) is 18.5 Å². The number of pyridine rings is 1. The quantitative estimate of drug-likeness (QED) is 0.346. The zero-order valence-corrected chi connectivity index (χ0v) is 19.4. The topological polar surface area (TPSA) is 72.7 Å². The first-order valence-corrected chi connectivity index (χ1v) is 11.6. The molecule has 2 heterocycles. The summed E-state index contributed by atoms with van der Waals surface area (Å²) in [7, 11) is 0. The second-order valence-corrected chi connectivity index (χ2v) is 8.73. The minimum absolute atomic E-state index is 0.0943. The summed E-state index contributed by atoms with van der Waals surface area (Å²) in [6.45, 7) is 1.95. The van der Waals surface area contributed by atoms with Gasteiger partial charge in [-0.05, 0) is 42.8 Å². The maximum absolute atomic E-state index is 12.6. The minimum atomic E-state index is -0.0991. The number of nitrogens with one attached hydrogen (secondary N) is 1. The van der Waals surface area contributed by atoms with E-state index in [0.717, 1.165) is 16.8 Å². The number of amides is 1. The van der Waals surface area contributed by atoms with Gasteiger partial charge >= 0.3 is 0 Å². The van der Waals surface area contributed by atoms with Crippen LogP contribution in [0.15, 0.2) is 78.2 Å². The molecule has 6 nitrogen and oxygen atoms in total. The smallest absolute Gasteiger partial charge is 0.230 e. The van der Waals surface area contributed by atoms with Crippen LogP contribution < -0.4 is 5.32 Å². The fourth-order valence-electron chi connectivity index (χ4n) is 3.14. The molecule has 0 saturated heterocycles. The van der Waals surface area contributed by atoms with Gasteiger partial charge in [-0.3, -0.25) is 14.3 Å². The monoisotopic (exact) mass is 483 g/mol. The number of thioether (sulfide) groups is 1. The van der Waals surface area contributed by atoms with Crippen LogP contribution in [0.5, 0.6) is 0 Å². The molecular weight excluding hydrogens is 465 g/mol. The molecule has 4 rings (SSSR count). The fraction of sp³-hybridized carbons (Fsp3) is 0.130. The first-order valence-electron chi connectivity index (χ1n) is 9.81. The molecule has 0 aliphatic rings. The third kappa shape index (κ3) is 5.12. The molecule has 1 atom stereocenters. The Morgan fingerprint density at radius 2 is 1.88 bits per heavy atom. The zero-order chi connectivity index (χ0) is 22.5. The number of nitrogens with zero attached hydrogens (tertiary/aromatic N) is 4. The Labute approximate surface area is 200 Å². The van der Waals surface area contributed by atoms with Crippen LogP contribution in [0.4, 0.5) is 0 Å². The number of benzene rings is 2. The molecule has 2 aromatic carbocycles. The van der Waals surface area contributed by atoms with E-state index in [1.807, 2.05) is 60.0 Å². The van der Waals surface area contributed by atoms with Crippen LogP contribution in [-0.2, 0) is 4.79 Å². The lowest BCUT2D eigenvalue weighted by molar-refractivity contribution is -0.119. The van der Waals surface area contributed by atoms with Crippen LogP contribution in [0.3, 0.4) is 0 Å². The number of rotatable bonds is 7. The highest BCUT2D eigenvalue weighted by atomic mass is 35.5. The number of carbonyl (C=O) groups excluding carboxylic acids is 1. The summed E-state index contributed by atoms with van der Waals surface area (Å²) in [5.41, 5.74) is 2.58. The highest BCUT2D eigenvalue weighted by Crippen LogP contribution is 2.31. The maximum atomic E-state index is 12.6. The molecule has 1 N–H and O–H groups in total. The molecular formula is C23H19Cl2N5OS. The summed E-state index contributed by atoms with van der Waals surface area (Å²) >= 11 is 13.6.